The van der Waals surface area contributed by atoms with Crippen molar-refractivity contribution in [1.82, 2.24) is 66.8 Å². The number of rotatable bonds is 27. The molecule has 0 radical (unpaired) electrons. The second-order valence-corrected chi connectivity index (χ2v) is 31.8. The van der Waals surface area contributed by atoms with Crippen molar-refractivity contribution >= 4 is 58.7 Å². The molecule has 8 aliphatic rings. The van der Waals surface area contributed by atoms with Crippen LogP contribution in [0.5, 0.6) is 0 Å². The van der Waals surface area contributed by atoms with Gasteiger partial charge in [-0.3, -0.25) is 38.5 Å². The van der Waals surface area contributed by atoms with Gasteiger partial charge in [0.05, 0.1) is 29.9 Å². The Hall–Kier alpha value is -7.87. The summed E-state index contributed by atoms with van der Waals surface area (Å²) < 4.78 is 31.4. The second kappa shape index (κ2) is 33.9. The number of nitrogens with one attached hydrogen (secondary N) is 8. The molecule has 3 aliphatic carbocycles. The Bertz CT molecular complexity index is 3640. The van der Waals surface area contributed by atoms with E-state index in [-0.39, 0.29) is 96.8 Å². The summed E-state index contributed by atoms with van der Waals surface area (Å²) in [4.78, 5) is 117. The van der Waals surface area contributed by atoms with Crippen molar-refractivity contribution in [2.75, 3.05) is 108 Å². The lowest BCUT2D eigenvalue weighted by Gasteiger charge is -2.48. The standard InChI is InChI=1S/C78H110F2N16O7/c1-51(81-4)74(101)89-73(55-16-7-6-8-17-55)76(103)96-47-59(39-66(96)75(102)88-64-20-12-18-54-15-9-10-19-61(54)64)87-71(99)22-21-69(97)82-28-34-91(5)60-36-56-44-93(45-57(56)37-60)29-23-70(98)84-43-53-14-11-13-52(35-53)42-83-67-41-68(86-50-85-67)94-32-26-78(27-33-94)49-95(48-72(100)90-78)65-40-62(79)58(38-63(65)80)46-92-30-24-77(2,3)25-31-92/h9-11,13-15,19,35,38,40-41,50-51,55-57,59-60,64,66,73,81H,6-8,12,16-18,20-34,36-37,39,42-49H2,1-5H3,(H,82,97)(H,84,98)(H,87,99)(H,88,102)(H,89,101)(H,90,100)(H,83,85,86)/t51-,56-,57+,59-,60?,64?,66-,73-/m0/s1. The molecule has 4 aromatic rings. The third kappa shape index (κ3) is 19.4. The maximum absolute atomic E-state index is 15.8. The highest BCUT2D eigenvalue weighted by Crippen LogP contribution is 2.41. The molecule has 5 saturated heterocycles. The molecule has 5 aliphatic heterocycles. The summed E-state index contributed by atoms with van der Waals surface area (Å²) in [5.74, 6) is -0.139. The van der Waals surface area contributed by atoms with E-state index < -0.39 is 41.3 Å². The average molecular weight is 1420 g/mol. The summed E-state index contributed by atoms with van der Waals surface area (Å²) in [6, 6.07) is 18.2. The van der Waals surface area contributed by atoms with E-state index in [1.165, 1.54) is 24.0 Å². The average Bonchev–Trinajstić information content (AvgIpc) is 1.47. The number of halogens is 2. The number of anilines is 3. The van der Waals surface area contributed by atoms with Crippen LogP contribution in [0.1, 0.15) is 164 Å². The number of hydrogen-bond acceptors (Lipinski definition) is 16. The van der Waals surface area contributed by atoms with E-state index in [2.05, 4.69) is 111 Å². The highest BCUT2D eigenvalue weighted by molar-refractivity contribution is 5.94. The fourth-order valence-electron chi connectivity index (χ4n) is 17.4. The van der Waals surface area contributed by atoms with E-state index in [1.54, 1.807) is 23.8 Å². The monoisotopic (exact) mass is 1420 g/mol. The highest BCUT2D eigenvalue weighted by Gasteiger charge is 2.47. The lowest BCUT2D eigenvalue weighted by Crippen LogP contribution is -2.66. The summed E-state index contributed by atoms with van der Waals surface area (Å²) in [7, 11) is 3.81. The molecule has 7 fully saturated rings. The number of likely N-dealkylation sites (N-methyl/N-ethyl adjacent to an activating group) is 2. The molecule has 23 nitrogen and oxygen atoms in total. The molecular weight excluding hydrogens is 1310 g/mol. The first-order valence-corrected chi connectivity index (χ1v) is 38.2. The molecule has 103 heavy (non-hydrogen) atoms. The SMILES string of the molecule is CN[C@@H](C)C(=O)N[C@H](C(=O)N1C[C@@H](NC(=O)CCC(=O)NCCN(C)C2C[C@@H]3CN(CCC(=O)NCc4cccc(CNc5cc(N6CCC7(CC6)CN(c6cc(F)c(CN8CCC(C)(C)CC8)cc6F)CC(=O)N7)ncn5)c4)C[C@@H]3C2)C[C@H]1C(=O)NC1CCCc2ccccc21)C1CCCCC1. The molecule has 7 amide bonds. The topological polar surface area (TPSA) is 261 Å². The molecule has 0 bridgehead atoms. The Morgan fingerprint density at radius 3 is 2.22 bits per heavy atom. The van der Waals surface area contributed by atoms with Gasteiger partial charge in [0, 0.05) is 128 Å². The Labute approximate surface area is 606 Å². The summed E-state index contributed by atoms with van der Waals surface area (Å²) >= 11 is 0. The van der Waals surface area contributed by atoms with Crippen LogP contribution in [0.3, 0.4) is 0 Å². The van der Waals surface area contributed by atoms with Crippen molar-refractivity contribution in [3.63, 3.8) is 0 Å². The van der Waals surface area contributed by atoms with Gasteiger partial charge in [-0.05, 0) is 163 Å². The summed E-state index contributed by atoms with van der Waals surface area (Å²) in [5, 5.41) is 25.2. The fraction of sp³-hybridized carbons (Fsp3) is 0.628. The predicted molar refractivity (Wildman–Crippen MR) is 392 cm³/mol. The number of fused-ring (bicyclic) bond motifs is 2. The van der Waals surface area contributed by atoms with Gasteiger partial charge in [-0.2, -0.15) is 0 Å². The van der Waals surface area contributed by atoms with Gasteiger partial charge in [-0.1, -0.05) is 81.6 Å². The zero-order chi connectivity index (χ0) is 72.4. The number of aromatic nitrogens is 2. The van der Waals surface area contributed by atoms with E-state index in [0.717, 1.165) is 126 Å². The first-order valence-electron chi connectivity index (χ1n) is 38.2. The van der Waals surface area contributed by atoms with Crippen molar-refractivity contribution in [3.05, 3.63) is 113 Å². The number of piperidine rings is 2. The maximum atomic E-state index is 15.8. The lowest BCUT2D eigenvalue weighted by atomic mass is 9.82. The van der Waals surface area contributed by atoms with E-state index >= 15 is 8.78 Å². The molecule has 2 saturated carbocycles. The largest absolute Gasteiger partial charge is 0.366 e. The number of carbonyl (C=O) groups excluding carboxylic acids is 7. The van der Waals surface area contributed by atoms with Crippen LogP contribution >= 0.6 is 0 Å². The Morgan fingerprint density at radius 1 is 0.738 bits per heavy atom. The number of benzene rings is 3. The van der Waals surface area contributed by atoms with Crippen molar-refractivity contribution in [2.24, 2.45) is 23.2 Å². The van der Waals surface area contributed by atoms with Gasteiger partial charge in [-0.25, -0.2) is 18.7 Å². The quantitative estimate of drug-likeness (QED) is 0.0319. The van der Waals surface area contributed by atoms with Crippen LogP contribution in [0.4, 0.5) is 26.1 Å². The van der Waals surface area contributed by atoms with E-state index in [4.69, 9.17) is 0 Å². The Morgan fingerprint density at radius 2 is 1.47 bits per heavy atom. The van der Waals surface area contributed by atoms with Crippen LogP contribution in [0.15, 0.2) is 73.1 Å². The van der Waals surface area contributed by atoms with E-state index in [9.17, 15) is 33.6 Å². The number of aryl methyl sites for hydroxylation is 1. The molecule has 25 heteroatoms. The summed E-state index contributed by atoms with van der Waals surface area (Å²) in [6.45, 7) is 14.6. The fourth-order valence-corrected chi connectivity index (χ4v) is 17.4. The summed E-state index contributed by atoms with van der Waals surface area (Å²) in [5.41, 5.74) is 4.43. The molecular formula is C78H110F2N16O7. The smallest absolute Gasteiger partial charge is 0.246 e. The third-order valence-corrected chi connectivity index (χ3v) is 23.8. The molecule has 6 heterocycles. The van der Waals surface area contributed by atoms with Crippen LogP contribution in [0.25, 0.3) is 0 Å². The molecule has 8 atom stereocenters. The van der Waals surface area contributed by atoms with Crippen LogP contribution in [-0.2, 0) is 59.6 Å². The molecule has 2 unspecified atom stereocenters. The van der Waals surface area contributed by atoms with Crippen molar-refractivity contribution in [2.45, 2.75) is 198 Å². The molecule has 3 aromatic carbocycles. The normalized spacial score (nSPS) is 24.0. The van der Waals surface area contributed by atoms with Gasteiger partial charge in [0.2, 0.25) is 41.4 Å². The van der Waals surface area contributed by atoms with Crippen molar-refractivity contribution in [1.29, 1.82) is 0 Å². The van der Waals surface area contributed by atoms with Gasteiger partial charge >= 0.3 is 0 Å². The lowest BCUT2D eigenvalue weighted by molar-refractivity contribution is -0.143. The number of carbonyl (C=O) groups is 7. The van der Waals surface area contributed by atoms with Crippen molar-refractivity contribution in [3.8, 4) is 0 Å². The van der Waals surface area contributed by atoms with Gasteiger partial charge in [0.1, 0.15) is 41.7 Å². The van der Waals surface area contributed by atoms with Crippen LogP contribution in [-0.4, -0.2) is 199 Å². The first kappa shape index (κ1) is 74.8. The zero-order valence-electron chi connectivity index (χ0n) is 61.2. The summed E-state index contributed by atoms with van der Waals surface area (Å²) in [6.07, 6.45) is 14.7. The molecule has 1 spiro atoms. The zero-order valence-corrected chi connectivity index (χ0v) is 61.2. The molecule has 8 N–H and O–H groups in total. The number of hydrogen-bond donors (Lipinski definition) is 8. The second-order valence-electron chi connectivity index (χ2n) is 31.8. The molecule has 558 valence electrons. The molecule has 1 aromatic heterocycles. The third-order valence-electron chi connectivity index (χ3n) is 23.8. The number of piperazine rings is 1. The van der Waals surface area contributed by atoms with Crippen molar-refractivity contribution < 1.29 is 42.3 Å². The molecule has 12 rings (SSSR count). The minimum Gasteiger partial charge on any atom is -0.366 e. The number of amides is 7. The first-order chi connectivity index (χ1) is 49.6. The number of nitrogens with zero attached hydrogens (tertiary/aromatic N) is 8. The van der Waals surface area contributed by atoms with Crippen LogP contribution in [0, 0.1) is 34.8 Å². The minimum absolute atomic E-state index is 0.000386. The highest BCUT2D eigenvalue weighted by atomic mass is 19.1. The van der Waals surface area contributed by atoms with Gasteiger partial charge < -0.3 is 67.0 Å². The Kier molecular flexibility index (Phi) is 24.6. The Balaban J connectivity index is 0.530. The van der Waals surface area contributed by atoms with Gasteiger partial charge in [0.25, 0.3) is 0 Å². The van der Waals surface area contributed by atoms with Gasteiger partial charge in [-0.15, -0.1) is 0 Å². The number of likely N-dealkylation sites (tertiary alicyclic amines) is 3. The predicted octanol–water partition coefficient (Wildman–Crippen LogP) is 6.46. The van der Waals surface area contributed by atoms with Crippen LogP contribution < -0.4 is 52.3 Å². The van der Waals surface area contributed by atoms with Gasteiger partial charge in [0.15, 0.2) is 0 Å². The van der Waals surface area contributed by atoms with Crippen LogP contribution in [0.2, 0.25) is 0 Å². The van der Waals surface area contributed by atoms with E-state index in [0.29, 0.717) is 107 Å². The minimum atomic E-state index is -0.856. The maximum Gasteiger partial charge on any atom is 0.246 e. The van der Waals surface area contributed by atoms with E-state index in [1.807, 2.05) is 36.4 Å².